The minimum atomic E-state index is 0.369. The van der Waals surface area contributed by atoms with Crippen LogP contribution in [0.25, 0.3) is 0 Å². The molecule has 15 heavy (non-hydrogen) atoms. The van der Waals surface area contributed by atoms with E-state index in [1.165, 1.54) is 5.56 Å². The molecule has 2 rings (SSSR count). The molecule has 1 aliphatic rings. The summed E-state index contributed by atoms with van der Waals surface area (Å²) in [6, 6.07) is 5.75. The first-order valence-corrected chi connectivity index (χ1v) is 5.59. The third kappa shape index (κ3) is 2.07. The highest BCUT2D eigenvalue weighted by Crippen LogP contribution is 2.36. The van der Waals surface area contributed by atoms with Crippen LogP contribution in [0.15, 0.2) is 18.2 Å². The molecule has 0 bridgehead atoms. The highest BCUT2D eigenvalue weighted by Gasteiger charge is 2.21. The van der Waals surface area contributed by atoms with Crippen LogP contribution in [0.2, 0.25) is 0 Å². The summed E-state index contributed by atoms with van der Waals surface area (Å²) in [7, 11) is 0. The molecule has 1 atom stereocenters. The van der Waals surface area contributed by atoms with Gasteiger partial charge in [0, 0.05) is 19.0 Å². The van der Waals surface area contributed by atoms with E-state index in [0.717, 1.165) is 31.7 Å². The van der Waals surface area contributed by atoms with Crippen molar-refractivity contribution in [2.45, 2.75) is 19.3 Å². The van der Waals surface area contributed by atoms with E-state index >= 15 is 0 Å². The van der Waals surface area contributed by atoms with Crippen molar-refractivity contribution in [2.24, 2.45) is 0 Å². The number of anilines is 1. The Labute approximate surface area is 90.5 Å². The minimum absolute atomic E-state index is 0.369. The van der Waals surface area contributed by atoms with Crippen LogP contribution in [0.3, 0.4) is 0 Å². The highest BCUT2D eigenvalue weighted by molar-refractivity contribution is 5.64. The van der Waals surface area contributed by atoms with E-state index in [1.807, 2.05) is 6.07 Å². The van der Waals surface area contributed by atoms with Gasteiger partial charge in [-0.1, -0.05) is 19.1 Å². The van der Waals surface area contributed by atoms with Crippen LogP contribution >= 0.6 is 0 Å². The maximum atomic E-state index is 9.72. The van der Waals surface area contributed by atoms with Gasteiger partial charge in [0.25, 0.3) is 0 Å². The molecule has 0 spiro atoms. The summed E-state index contributed by atoms with van der Waals surface area (Å²) in [5.41, 5.74) is 2.16. The zero-order valence-corrected chi connectivity index (χ0v) is 9.09. The number of benzene rings is 1. The average Bonchev–Trinajstić information content (AvgIpc) is 2.27. The molecule has 0 amide bonds. The molecule has 0 aromatic heterocycles. The van der Waals surface area contributed by atoms with E-state index in [1.54, 1.807) is 6.07 Å². The molecule has 0 radical (unpaired) electrons. The van der Waals surface area contributed by atoms with Gasteiger partial charge in [0.1, 0.15) is 5.75 Å². The van der Waals surface area contributed by atoms with E-state index in [2.05, 4.69) is 23.6 Å². The predicted molar refractivity (Wildman–Crippen MR) is 62.5 cm³/mol. The summed E-state index contributed by atoms with van der Waals surface area (Å²) >= 11 is 0. The Balaban J connectivity index is 2.22. The van der Waals surface area contributed by atoms with Gasteiger partial charge in [0.2, 0.25) is 0 Å². The Morgan fingerprint density at radius 3 is 3.20 bits per heavy atom. The molecule has 1 heterocycles. The molecule has 0 saturated heterocycles. The molecule has 1 aliphatic heterocycles. The van der Waals surface area contributed by atoms with Crippen molar-refractivity contribution in [1.29, 1.82) is 0 Å². The standard InChI is InChI=1S/C12H18N2O/c1-2-13-8-9-6-7-14-12-10(9)4-3-5-11(12)15/h3-5,9,13-15H,2,6-8H2,1H3. The van der Waals surface area contributed by atoms with Gasteiger partial charge in [-0.05, 0) is 24.6 Å². The normalized spacial score (nSPS) is 19.4. The van der Waals surface area contributed by atoms with Gasteiger partial charge in [-0.15, -0.1) is 0 Å². The zero-order valence-electron chi connectivity index (χ0n) is 9.09. The Morgan fingerprint density at radius 1 is 1.53 bits per heavy atom. The topological polar surface area (TPSA) is 44.3 Å². The van der Waals surface area contributed by atoms with Gasteiger partial charge in [-0.25, -0.2) is 0 Å². The molecular formula is C12H18N2O. The summed E-state index contributed by atoms with van der Waals surface area (Å²) in [4.78, 5) is 0. The Bertz CT molecular complexity index is 338. The fourth-order valence-electron chi connectivity index (χ4n) is 2.15. The maximum Gasteiger partial charge on any atom is 0.138 e. The quantitative estimate of drug-likeness (QED) is 0.662. The second-order valence-corrected chi connectivity index (χ2v) is 3.96. The number of aromatic hydroxyl groups is 1. The number of fused-ring (bicyclic) bond motifs is 1. The van der Waals surface area contributed by atoms with Crippen molar-refractivity contribution in [1.82, 2.24) is 5.32 Å². The van der Waals surface area contributed by atoms with E-state index in [9.17, 15) is 5.11 Å². The molecule has 0 saturated carbocycles. The number of para-hydroxylation sites is 1. The number of phenols is 1. The second kappa shape index (κ2) is 4.53. The Kier molecular flexibility index (Phi) is 3.11. The summed E-state index contributed by atoms with van der Waals surface area (Å²) in [5, 5.41) is 16.3. The first kappa shape index (κ1) is 10.3. The van der Waals surface area contributed by atoms with E-state index < -0.39 is 0 Å². The van der Waals surface area contributed by atoms with Crippen molar-refractivity contribution in [2.75, 3.05) is 25.0 Å². The number of nitrogens with one attached hydrogen (secondary N) is 2. The molecule has 3 N–H and O–H groups in total. The molecule has 3 heteroatoms. The lowest BCUT2D eigenvalue weighted by Crippen LogP contribution is -2.26. The van der Waals surface area contributed by atoms with E-state index in [0.29, 0.717) is 11.7 Å². The third-order valence-corrected chi connectivity index (χ3v) is 2.95. The summed E-state index contributed by atoms with van der Waals surface area (Å²) < 4.78 is 0. The van der Waals surface area contributed by atoms with Gasteiger partial charge in [-0.2, -0.15) is 0 Å². The Hall–Kier alpha value is -1.22. The second-order valence-electron chi connectivity index (χ2n) is 3.96. The van der Waals surface area contributed by atoms with Crippen molar-refractivity contribution < 1.29 is 5.11 Å². The monoisotopic (exact) mass is 206 g/mol. The van der Waals surface area contributed by atoms with Crippen LogP contribution in [-0.4, -0.2) is 24.7 Å². The smallest absolute Gasteiger partial charge is 0.138 e. The highest BCUT2D eigenvalue weighted by atomic mass is 16.3. The van der Waals surface area contributed by atoms with Crippen molar-refractivity contribution in [3.63, 3.8) is 0 Å². The van der Waals surface area contributed by atoms with Crippen LogP contribution < -0.4 is 10.6 Å². The first-order chi connectivity index (χ1) is 7.33. The lowest BCUT2D eigenvalue weighted by Gasteiger charge is -2.27. The van der Waals surface area contributed by atoms with Gasteiger partial charge < -0.3 is 15.7 Å². The molecule has 1 aromatic carbocycles. The first-order valence-electron chi connectivity index (χ1n) is 5.59. The lowest BCUT2D eigenvalue weighted by molar-refractivity contribution is 0.471. The largest absolute Gasteiger partial charge is 0.506 e. The molecule has 3 nitrogen and oxygen atoms in total. The number of phenolic OH excluding ortho intramolecular Hbond substituents is 1. The Morgan fingerprint density at radius 2 is 2.40 bits per heavy atom. The van der Waals surface area contributed by atoms with Crippen LogP contribution in [-0.2, 0) is 0 Å². The summed E-state index contributed by atoms with van der Waals surface area (Å²) in [6.45, 7) is 5.05. The molecule has 82 valence electrons. The third-order valence-electron chi connectivity index (χ3n) is 2.95. The molecular weight excluding hydrogens is 188 g/mol. The zero-order chi connectivity index (χ0) is 10.7. The molecule has 0 aliphatic carbocycles. The fraction of sp³-hybridized carbons (Fsp3) is 0.500. The molecule has 1 unspecified atom stereocenters. The van der Waals surface area contributed by atoms with Crippen LogP contribution in [0.4, 0.5) is 5.69 Å². The summed E-state index contributed by atoms with van der Waals surface area (Å²) in [6.07, 6.45) is 1.13. The van der Waals surface area contributed by atoms with Gasteiger partial charge in [-0.3, -0.25) is 0 Å². The van der Waals surface area contributed by atoms with Crippen molar-refractivity contribution >= 4 is 5.69 Å². The van der Waals surface area contributed by atoms with Gasteiger partial charge >= 0.3 is 0 Å². The van der Waals surface area contributed by atoms with Gasteiger partial charge in [0.05, 0.1) is 5.69 Å². The minimum Gasteiger partial charge on any atom is -0.506 e. The molecule has 1 aromatic rings. The SMILES string of the molecule is CCNCC1CCNc2c(O)cccc21. The lowest BCUT2D eigenvalue weighted by atomic mass is 9.90. The van der Waals surface area contributed by atoms with Crippen LogP contribution in [0.5, 0.6) is 5.75 Å². The number of likely N-dealkylation sites (N-methyl/N-ethyl adjacent to an activating group) is 1. The number of rotatable bonds is 3. The predicted octanol–water partition coefficient (Wildman–Crippen LogP) is 1.90. The van der Waals surface area contributed by atoms with E-state index in [4.69, 9.17) is 0 Å². The van der Waals surface area contributed by atoms with Crippen molar-refractivity contribution in [3.8, 4) is 5.75 Å². The number of hydrogen-bond acceptors (Lipinski definition) is 3. The fourth-order valence-corrected chi connectivity index (χ4v) is 2.15. The van der Waals surface area contributed by atoms with Crippen LogP contribution in [0.1, 0.15) is 24.8 Å². The maximum absolute atomic E-state index is 9.72. The average molecular weight is 206 g/mol. The molecule has 0 fully saturated rings. The van der Waals surface area contributed by atoms with Crippen molar-refractivity contribution in [3.05, 3.63) is 23.8 Å². The van der Waals surface area contributed by atoms with E-state index in [-0.39, 0.29) is 0 Å². The van der Waals surface area contributed by atoms with Gasteiger partial charge in [0.15, 0.2) is 0 Å². The number of hydrogen-bond donors (Lipinski definition) is 3. The summed E-state index contributed by atoms with van der Waals surface area (Å²) in [5.74, 6) is 0.891. The van der Waals surface area contributed by atoms with Crippen LogP contribution in [0, 0.1) is 0 Å².